The lowest BCUT2D eigenvalue weighted by Gasteiger charge is -2.20. The minimum absolute atomic E-state index is 0.0743. The van der Waals surface area contributed by atoms with Crippen LogP contribution in [0.1, 0.15) is 12.2 Å². The number of aliphatic hydroxyl groups excluding tert-OH is 1. The number of aromatic amines is 2. The van der Waals surface area contributed by atoms with E-state index < -0.39 is 6.17 Å². The Morgan fingerprint density at radius 2 is 2.47 bits per heavy atom. The molecule has 0 radical (unpaired) electrons. The molecule has 1 aliphatic rings. The van der Waals surface area contributed by atoms with Gasteiger partial charge in [-0.3, -0.25) is 9.88 Å². The maximum Gasteiger partial charge on any atom is 0.340 e. The number of rotatable bonds is 3. The van der Waals surface area contributed by atoms with Crippen LogP contribution in [0.3, 0.4) is 0 Å². The molecule has 84 valence electrons. The van der Waals surface area contributed by atoms with Crippen LogP contribution in [0, 0.1) is 0 Å². The monoisotopic (exact) mass is 216 g/mol. The maximum atomic E-state index is 13.1. The van der Waals surface area contributed by atoms with E-state index in [0.29, 0.717) is 18.8 Å². The second-order valence-electron chi connectivity index (χ2n) is 3.72. The van der Waals surface area contributed by atoms with Crippen molar-refractivity contribution in [3.8, 4) is 0 Å². The molecule has 0 bridgehead atoms. The first-order chi connectivity index (χ1) is 7.19. The third-order valence-electron chi connectivity index (χ3n) is 2.59. The highest BCUT2D eigenvalue weighted by Gasteiger charge is 2.31. The summed E-state index contributed by atoms with van der Waals surface area (Å²) in [5.74, 6) is 0.465. The van der Waals surface area contributed by atoms with Crippen LogP contribution in [-0.2, 0) is 6.54 Å². The molecule has 3 N–H and O–H groups in total. The van der Waals surface area contributed by atoms with Crippen LogP contribution < -0.4 is 5.69 Å². The maximum absolute atomic E-state index is 13.1. The van der Waals surface area contributed by atoms with Gasteiger partial charge < -0.3 is 5.11 Å². The van der Waals surface area contributed by atoms with Gasteiger partial charge in [0.15, 0.2) is 0 Å². The van der Waals surface area contributed by atoms with Crippen molar-refractivity contribution in [1.82, 2.24) is 20.1 Å². The summed E-state index contributed by atoms with van der Waals surface area (Å²) in [6.45, 7) is 0.555. The van der Waals surface area contributed by atoms with E-state index in [1.807, 2.05) is 0 Å². The quantitative estimate of drug-likeness (QED) is 0.605. The fraction of sp³-hybridized carbons (Fsp3) is 0.750. The normalized spacial score (nSPS) is 27.3. The molecule has 1 aromatic rings. The third-order valence-corrected chi connectivity index (χ3v) is 2.59. The number of nitrogens with one attached hydrogen (secondary N) is 2. The van der Waals surface area contributed by atoms with Crippen LogP contribution in [-0.4, -0.2) is 50.6 Å². The molecule has 7 heteroatoms. The topological polar surface area (TPSA) is 85.0 Å². The number of aromatic nitrogens is 3. The predicted octanol–water partition coefficient (Wildman–Crippen LogP) is -0.997. The summed E-state index contributed by atoms with van der Waals surface area (Å²) in [7, 11) is 0. The average Bonchev–Trinajstić information content (AvgIpc) is 2.73. The number of hydrogen-bond donors (Lipinski definition) is 3. The van der Waals surface area contributed by atoms with Crippen molar-refractivity contribution in [3.63, 3.8) is 0 Å². The van der Waals surface area contributed by atoms with Gasteiger partial charge in [-0.15, -0.1) is 0 Å². The Morgan fingerprint density at radius 1 is 1.67 bits per heavy atom. The van der Waals surface area contributed by atoms with Gasteiger partial charge in [-0.25, -0.2) is 14.3 Å². The van der Waals surface area contributed by atoms with E-state index in [1.54, 1.807) is 4.90 Å². The molecule has 15 heavy (non-hydrogen) atoms. The summed E-state index contributed by atoms with van der Waals surface area (Å²) in [5.41, 5.74) is -0.374. The molecule has 2 unspecified atom stereocenters. The molecule has 6 nitrogen and oxygen atoms in total. The van der Waals surface area contributed by atoms with E-state index in [0.717, 1.165) is 0 Å². The van der Waals surface area contributed by atoms with Gasteiger partial charge in [0.05, 0.1) is 13.2 Å². The molecule has 1 aliphatic heterocycles. The van der Waals surface area contributed by atoms with Crippen LogP contribution in [0.2, 0.25) is 0 Å². The van der Waals surface area contributed by atoms with E-state index in [9.17, 15) is 9.18 Å². The zero-order valence-corrected chi connectivity index (χ0v) is 8.11. The molecule has 1 aromatic heterocycles. The standard InChI is InChI=1S/C8H13FN4O2/c9-5-1-6(4-14)13(2-5)3-7-10-8(15)12-11-7/h5-6,14H,1-4H2,(H2,10,11,12,15). The Hall–Kier alpha value is -1.21. The smallest absolute Gasteiger partial charge is 0.340 e. The lowest BCUT2D eigenvalue weighted by atomic mass is 10.2. The Kier molecular flexibility index (Phi) is 2.83. The molecule has 2 rings (SSSR count). The lowest BCUT2D eigenvalue weighted by Crippen LogP contribution is -2.32. The number of H-pyrrole nitrogens is 2. The highest BCUT2D eigenvalue weighted by Crippen LogP contribution is 2.20. The highest BCUT2D eigenvalue weighted by atomic mass is 19.1. The fourth-order valence-corrected chi connectivity index (χ4v) is 1.88. The molecule has 2 heterocycles. The van der Waals surface area contributed by atoms with Gasteiger partial charge in [-0.05, 0) is 6.42 Å². The van der Waals surface area contributed by atoms with E-state index in [1.165, 1.54) is 0 Å². The molecule has 0 saturated carbocycles. The van der Waals surface area contributed by atoms with Crippen LogP contribution in [0.15, 0.2) is 4.79 Å². The molecule has 1 fully saturated rings. The molecule has 0 amide bonds. The van der Waals surface area contributed by atoms with Crippen molar-refractivity contribution in [2.45, 2.75) is 25.2 Å². The second-order valence-corrected chi connectivity index (χ2v) is 3.72. The van der Waals surface area contributed by atoms with E-state index in [4.69, 9.17) is 5.11 Å². The van der Waals surface area contributed by atoms with E-state index in [2.05, 4.69) is 15.2 Å². The largest absolute Gasteiger partial charge is 0.395 e. The number of aliphatic hydroxyl groups is 1. The SMILES string of the molecule is O=c1[nH]nc(CN2CC(F)CC2CO)[nH]1. The first-order valence-corrected chi connectivity index (χ1v) is 4.81. The summed E-state index contributed by atoms with van der Waals surface area (Å²) in [4.78, 5) is 15.0. The van der Waals surface area contributed by atoms with Gasteiger partial charge >= 0.3 is 5.69 Å². The Balaban J connectivity index is 2.02. The summed E-state index contributed by atoms with van der Waals surface area (Å²) >= 11 is 0. The van der Waals surface area contributed by atoms with Crippen molar-refractivity contribution in [2.24, 2.45) is 0 Å². The van der Waals surface area contributed by atoms with Crippen molar-refractivity contribution >= 4 is 0 Å². The molecular formula is C8H13FN4O2. The van der Waals surface area contributed by atoms with Gasteiger partial charge in [0.25, 0.3) is 0 Å². The fourth-order valence-electron chi connectivity index (χ4n) is 1.88. The Morgan fingerprint density at radius 3 is 3.07 bits per heavy atom. The summed E-state index contributed by atoms with van der Waals surface area (Å²) in [6.07, 6.45) is -0.571. The van der Waals surface area contributed by atoms with Gasteiger partial charge in [0.2, 0.25) is 0 Å². The average molecular weight is 216 g/mol. The van der Waals surface area contributed by atoms with Crippen LogP contribution >= 0.6 is 0 Å². The zero-order valence-electron chi connectivity index (χ0n) is 8.11. The minimum Gasteiger partial charge on any atom is -0.395 e. The van der Waals surface area contributed by atoms with E-state index >= 15 is 0 Å². The molecule has 0 aromatic carbocycles. The van der Waals surface area contributed by atoms with Gasteiger partial charge in [0.1, 0.15) is 12.0 Å². The first-order valence-electron chi connectivity index (χ1n) is 4.81. The zero-order chi connectivity index (χ0) is 10.8. The van der Waals surface area contributed by atoms with Crippen molar-refractivity contribution < 1.29 is 9.50 Å². The Labute approximate surface area is 85.1 Å². The van der Waals surface area contributed by atoms with Gasteiger partial charge in [0, 0.05) is 12.6 Å². The molecular weight excluding hydrogens is 203 g/mol. The number of likely N-dealkylation sites (tertiary alicyclic amines) is 1. The van der Waals surface area contributed by atoms with Crippen LogP contribution in [0.4, 0.5) is 4.39 Å². The number of nitrogens with zero attached hydrogens (tertiary/aromatic N) is 2. The summed E-state index contributed by atoms with van der Waals surface area (Å²) in [6, 6.07) is -0.180. The second kappa shape index (κ2) is 4.11. The molecule has 0 spiro atoms. The third kappa shape index (κ3) is 2.24. The van der Waals surface area contributed by atoms with Crippen LogP contribution in [0.25, 0.3) is 0 Å². The van der Waals surface area contributed by atoms with E-state index in [-0.39, 0.29) is 24.9 Å². The van der Waals surface area contributed by atoms with Crippen molar-refractivity contribution in [2.75, 3.05) is 13.2 Å². The summed E-state index contributed by atoms with van der Waals surface area (Å²) < 4.78 is 13.1. The lowest BCUT2D eigenvalue weighted by molar-refractivity contribution is 0.150. The number of alkyl halides is 1. The first kappa shape index (κ1) is 10.3. The molecule has 0 aliphatic carbocycles. The van der Waals surface area contributed by atoms with Crippen molar-refractivity contribution in [1.29, 1.82) is 0 Å². The van der Waals surface area contributed by atoms with Gasteiger partial charge in [-0.2, -0.15) is 5.10 Å². The predicted molar refractivity (Wildman–Crippen MR) is 50.0 cm³/mol. The van der Waals surface area contributed by atoms with Gasteiger partial charge in [-0.1, -0.05) is 0 Å². The highest BCUT2D eigenvalue weighted by molar-refractivity contribution is 4.89. The Bertz CT molecular complexity index is 377. The van der Waals surface area contributed by atoms with Crippen molar-refractivity contribution in [3.05, 3.63) is 16.3 Å². The molecule has 1 saturated heterocycles. The van der Waals surface area contributed by atoms with Crippen LogP contribution in [0.5, 0.6) is 0 Å². The summed E-state index contributed by atoms with van der Waals surface area (Å²) in [5, 5.41) is 15.0. The molecule has 2 atom stereocenters. The number of hydrogen-bond acceptors (Lipinski definition) is 4. The minimum atomic E-state index is -0.909. The number of halogens is 1.